The fourth-order valence-corrected chi connectivity index (χ4v) is 2.89. The summed E-state index contributed by atoms with van der Waals surface area (Å²) in [5.41, 5.74) is 0.784. The number of nitrogens with zero attached hydrogens (tertiary/aromatic N) is 3. The number of Topliss-reactive ketones (excluding diaryl/α,β-unsaturated/α-hetero) is 1. The molecule has 0 radical (unpaired) electrons. The average Bonchev–Trinajstić information content (AvgIpc) is 3.04. The molecule has 1 aromatic carbocycles. The molecule has 2 aromatic rings. The lowest BCUT2D eigenvalue weighted by atomic mass is 9.90. The van der Waals surface area contributed by atoms with Gasteiger partial charge in [-0.25, -0.2) is 0 Å². The van der Waals surface area contributed by atoms with E-state index in [1.165, 1.54) is 0 Å². The van der Waals surface area contributed by atoms with E-state index in [9.17, 15) is 4.79 Å². The van der Waals surface area contributed by atoms with E-state index < -0.39 is 0 Å². The summed E-state index contributed by atoms with van der Waals surface area (Å²) in [5.74, 6) is 0.880. The van der Waals surface area contributed by atoms with Crippen molar-refractivity contribution < 1.29 is 9.21 Å². The lowest BCUT2D eigenvalue weighted by molar-refractivity contribution is 0.0906. The van der Waals surface area contributed by atoms with Gasteiger partial charge in [-0.15, -0.1) is 5.10 Å². The van der Waals surface area contributed by atoms with Crippen molar-refractivity contribution in [2.24, 2.45) is 5.92 Å². The Hall–Kier alpha value is -2.17. The van der Waals surface area contributed by atoms with Crippen molar-refractivity contribution in [3.8, 4) is 0 Å². The number of aryl methyl sites for hydroxylation is 1. The molecule has 1 saturated heterocycles. The normalized spacial score (nSPS) is 18.4. The topological polar surface area (TPSA) is 59.2 Å². The molecule has 2 heterocycles. The molecule has 3 rings (SSSR count). The van der Waals surface area contributed by atoms with Crippen molar-refractivity contribution in [1.82, 2.24) is 10.2 Å². The van der Waals surface area contributed by atoms with Crippen LogP contribution in [-0.2, 0) is 6.42 Å². The second kappa shape index (κ2) is 6.73. The first-order valence-corrected chi connectivity index (χ1v) is 7.94. The number of aromatic nitrogens is 2. The van der Waals surface area contributed by atoms with Gasteiger partial charge in [-0.3, -0.25) is 4.79 Å². The molecule has 1 aliphatic heterocycles. The summed E-state index contributed by atoms with van der Waals surface area (Å²) >= 11 is 0. The molecule has 1 fully saturated rings. The number of ketones is 1. The third-order valence-corrected chi connectivity index (χ3v) is 4.04. The molecule has 5 nitrogen and oxygen atoms in total. The van der Waals surface area contributed by atoms with E-state index in [-0.39, 0.29) is 11.7 Å². The van der Waals surface area contributed by atoms with Gasteiger partial charge in [0.05, 0.1) is 0 Å². The van der Waals surface area contributed by atoms with Gasteiger partial charge < -0.3 is 9.32 Å². The van der Waals surface area contributed by atoms with Crippen LogP contribution in [0.3, 0.4) is 0 Å². The van der Waals surface area contributed by atoms with Crippen molar-refractivity contribution in [2.45, 2.75) is 32.6 Å². The number of carbonyl (C=O) groups excluding carboxylic acids is 1. The zero-order valence-electron chi connectivity index (χ0n) is 12.9. The minimum Gasteiger partial charge on any atom is -0.408 e. The van der Waals surface area contributed by atoms with Crippen molar-refractivity contribution in [3.05, 3.63) is 41.8 Å². The summed E-state index contributed by atoms with van der Waals surface area (Å²) in [6, 6.07) is 10.1. The highest BCUT2D eigenvalue weighted by Gasteiger charge is 2.28. The van der Waals surface area contributed by atoms with Gasteiger partial charge in [-0.1, -0.05) is 42.4 Å². The van der Waals surface area contributed by atoms with Crippen LogP contribution in [0.2, 0.25) is 0 Å². The van der Waals surface area contributed by atoms with Gasteiger partial charge in [-0.2, -0.15) is 0 Å². The standard InChI is InChI=1S/C17H21N3O2/c1-2-7-15-18-19-17(22-15)20-11-6-10-14(12-20)16(21)13-8-4-3-5-9-13/h3-5,8-9,14H,2,6-7,10-12H2,1H3/t14-/m1/s1. The van der Waals surface area contributed by atoms with Gasteiger partial charge in [0, 0.05) is 31.0 Å². The van der Waals surface area contributed by atoms with Gasteiger partial charge in [0.15, 0.2) is 5.78 Å². The first kappa shape index (κ1) is 14.8. The molecule has 1 aromatic heterocycles. The number of hydrogen-bond donors (Lipinski definition) is 0. The molecule has 0 amide bonds. The zero-order chi connectivity index (χ0) is 15.4. The molecule has 0 N–H and O–H groups in total. The van der Waals surface area contributed by atoms with Gasteiger partial charge in [-0.05, 0) is 19.3 Å². The Morgan fingerprint density at radius 1 is 1.32 bits per heavy atom. The summed E-state index contributed by atoms with van der Waals surface area (Å²) in [6.45, 7) is 3.60. The predicted molar refractivity (Wildman–Crippen MR) is 84.0 cm³/mol. The first-order chi connectivity index (χ1) is 10.8. The van der Waals surface area contributed by atoms with Gasteiger partial charge >= 0.3 is 6.01 Å². The van der Waals surface area contributed by atoms with Crippen LogP contribution >= 0.6 is 0 Å². The third kappa shape index (κ3) is 3.18. The second-order valence-corrected chi connectivity index (χ2v) is 5.74. The molecule has 1 aliphatic rings. The molecule has 116 valence electrons. The maximum atomic E-state index is 12.6. The Labute approximate surface area is 130 Å². The summed E-state index contributed by atoms with van der Waals surface area (Å²) < 4.78 is 5.69. The predicted octanol–water partition coefficient (Wildman–Crippen LogP) is 3.12. The van der Waals surface area contributed by atoms with E-state index in [0.29, 0.717) is 18.5 Å². The Balaban J connectivity index is 1.69. The van der Waals surface area contributed by atoms with Crippen LogP contribution in [0.5, 0.6) is 0 Å². The Bertz CT molecular complexity index is 624. The van der Waals surface area contributed by atoms with Crippen molar-refractivity contribution in [2.75, 3.05) is 18.0 Å². The molecule has 22 heavy (non-hydrogen) atoms. The Morgan fingerprint density at radius 2 is 2.14 bits per heavy atom. The SMILES string of the molecule is CCCc1nnc(N2CCC[C@@H](C(=O)c3ccccc3)C2)o1. The molecule has 1 atom stereocenters. The summed E-state index contributed by atoms with van der Waals surface area (Å²) in [6.07, 6.45) is 3.67. The number of rotatable bonds is 5. The number of piperidine rings is 1. The highest BCUT2D eigenvalue weighted by molar-refractivity contribution is 5.98. The minimum absolute atomic E-state index is 0.00215. The van der Waals surface area contributed by atoms with Crippen LogP contribution < -0.4 is 4.90 Å². The molecular formula is C17H21N3O2. The summed E-state index contributed by atoms with van der Waals surface area (Å²) in [4.78, 5) is 14.6. The summed E-state index contributed by atoms with van der Waals surface area (Å²) in [7, 11) is 0. The van der Waals surface area contributed by atoms with Crippen molar-refractivity contribution in [3.63, 3.8) is 0 Å². The van der Waals surface area contributed by atoms with E-state index in [1.807, 2.05) is 35.2 Å². The largest absolute Gasteiger partial charge is 0.408 e. The Kier molecular flexibility index (Phi) is 4.51. The maximum absolute atomic E-state index is 12.6. The molecule has 0 unspecified atom stereocenters. The highest BCUT2D eigenvalue weighted by atomic mass is 16.4. The maximum Gasteiger partial charge on any atom is 0.318 e. The van der Waals surface area contributed by atoms with E-state index in [2.05, 4.69) is 17.1 Å². The van der Waals surface area contributed by atoms with E-state index in [0.717, 1.165) is 37.8 Å². The number of benzene rings is 1. The van der Waals surface area contributed by atoms with E-state index in [1.54, 1.807) is 0 Å². The molecule has 0 spiro atoms. The highest BCUT2D eigenvalue weighted by Crippen LogP contribution is 2.25. The minimum atomic E-state index is -0.00215. The molecular weight excluding hydrogens is 278 g/mol. The summed E-state index contributed by atoms with van der Waals surface area (Å²) in [5, 5.41) is 8.19. The fourth-order valence-electron chi connectivity index (χ4n) is 2.89. The van der Waals surface area contributed by atoms with Crippen molar-refractivity contribution in [1.29, 1.82) is 0 Å². The van der Waals surface area contributed by atoms with Crippen LogP contribution in [0.15, 0.2) is 34.7 Å². The van der Waals surface area contributed by atoms with Gasteiger partial charge in [0.1, 0.15) is 0 Å². The molecule has 5 heteroatoms. The van der Waals surface area contributed by atoms with E-state index >= 15 is 0 Å². The van der Waals surface area contributed by atoms with Crippen LogP contribution in [0, 0.1) is 5.92 Å². The zero-order valence-corrected chi connectivity index (χ0v) is 12.9. The third-order valence-electron chi connectivity index (χ3n) is 4.04. The second-order valence-electron chi connectivity index (χ2n) is 5.74. The Morgan fingerprint density at radius 3 is 2.91 bits per heavy atom. The average molecular weight is 299 g/mol. The fraction of sp³-hybridized carbons (Fsp3) is 0.471. The number of carbonyl (C=O) groups is 1. The van der Waals surface area contributed by atoms with Gasteiger partial charge in [0.2, 0.25) is 5.89 Å². The molecule has 0 bridgehead atoms. The number of hydrogen-bond acceptors (Lipinski definition) is 5. The smallest absolute Gasteiger partial charge is 0.318 e. The van der Waals surface area contributed by atoms with Crippen LogP contribution in [0.1, 0.15) is 42.4 Å². The van der Waals surface area contributed by atoms with Gasteiger partial charge in [0.25, 0.3) is 0 Å². The quantitative estimate of drug-likeness (QED) is 0.794. The lowest BCUT2D eigenvalue weighted by Crippen LogP contribution is -2.39. The first-order valence-electron chi connectivity index (χ1n) is 7.94. The lowest BCUT2D eigenvalue weighted by Gasteiger charge is -2.30. The molecule has 0 aliphatic carbocycles. The van der Waals surface area contributed by atoms with Crippen molar-refractivity contribution >= 4 is 11.8 Å². The van der Waals surface area contributed by atoms with Crippen LogP contribution in [0.4, 0.5) is 6.01 Å². The monoisotopic (exact) mass is 299 g/mol. The van der Waals surface area contributed by atoms with E-state index in [4.69, 9.17) is 4.42 Å². The number of anilines is 1. The van der Waals surface area contributed by atoms with Crippen LogP contribution in [-0.4, -0.2) is 29.1 Å². The molecule has 0 saturated carbocycles. The van der Waals surface area contributed by atoms with Crippen LogP contribution in [0.25, 0.3) is 0 Å².